The molecule has 0 aromatic heterocycles. The number of ether oxygens (including phenoxy) is 2. The van der Waals surface area contributed by atoms with E-state index < -0.39 is 0 Å². The highest BCUT2D eigenvalue weighted by molar-refractivity contribution is 5.31. The van der Waals surface area contributed by atoms with Crippen molar-refractivity contribution in [1.29, 1.82) is 0 Å². The van der Waals surface area contributed by atoms with Gasteiger partial charge in [0, 0.05) is 6.61 Å². The number of fused-ring (bicyclic) bond motifs is 1. The van der Waals surface area contributed by atoms with E-state index in [4.69, 9.17) is 15.3 Å². The predicted molar refractivity (Wildman–Crippen MR) is 80.3 cm³/mol. The monoisotopic (exact) mass is 278 g/mol. The van der Waals surface area contributed by atoms with E-state index in [0.29, 0.717) is 6.61 Å². The molecule has 4 heteroatoms. The maximum atomic E-state index is 5.96. The van der Waals surface area contributed by atoms with Gasteiger partial charge in [0.05, 0.1) is 24.4 Å². The Morgan fingerprint density at radius 2 is 2.20 bits per heavy atom. The van der Waals surface area contributed by atoms with Crippen LogP contribution in [0.25, 0.3) is 0 Å². The number of rotatable bonds is 6. The molecule has 0 fully saturated rings. The molecule has 4 nitrogen and oxygen atoms in total. The summed E-state index contributed by atoms with van der Waals surface area (Å²) < 4.78 is 11.8. The SMILES string of the molecule is CCOC(C)(C)C(CC1OCCc2ccccc21)NN. The molecule has 0 radical (unpaired) electrons. The Morgan fingerprint density at radius 3 is 2.90 bits per heavy atom. The molecule has 112 valence electrons. The van der Waals surface area contributed by atoms with Crippen molar-refractivity contribution >= 4 is 0 Å². The van der Waals surface area contributed by atoms with Crippen LogP contribution in [0.15, 0.2) is 24.3 Å². The lowest BCUT2D eigenvalue weighted by atomic mass is 9.88. The molecule has 1 aromatic carbocycles. The van der Waals surface area contributed by atoms with Crippen molar-refractivity contribution in [2.24, 2.45) is 5.84 Å². The molecule has 20 heavy (non-hydrogen) atoms. The molecule has 2 atom stereocenters. The molecule has 0 saturated carbocycles. The second-order valence-corrected chi connectivity index (χ2v) is 5.80. The van der Waals surface area contributed by atoms with E-state index in [1.54, 1.807) is 0 Å². The smallest absolute Gasteiger partial charge is 0.0844 e. The van der Waals surface area contributed by atoms with Gasteiger partial charge in [0.2, 0.25) is 0 Å². The molecule has 0 bridgehead atoms. The number of nitrogens with two attached hydrogens (primary N) is 1. The molecule has 1 heterocycles. The summed E-state index contributed by atoms with van der Waals surface area (Å²) in [6.07, 6.45) is 1.88. The Balaban J connectivity index is 2.13. The second-order valence-electron chi connectivity index (χ2n) is 5.80. The van der Waals surface area contributed by atoms with Crippen LogP contribution in [-0.4, -0.2) is 24.9 Å². The summed E-state index contributed by atoms with van der Waals surface area (Å²) in [5.74, 6) is 5.74. The van der Waals surface area contributed by atoms with Crippen LogP contribution in [0, 0.1) is 0 Å². The summed E-state index contributed by atoms with van der Waals surface area (Å²) in [7, 11) is 0. The Morgan fingerprint density at radius 1 is 1.45 bits per heavy atom. The van der Waals surface area contributed by atoms with Gasteiger partial charge in [-0.2, -0.15) is 0 Å². The topological polar surface area (TPSA) is 56.5 Å². The molecule has 0 spiro atoms. The number of nitrogens with one attached hydrogen (secondary N) is 1. The van der Waals surface area contributed by atoms with Crippen LogP contribution in [-0.2, 0) is 15.9 Å². The van der Waals surface area contributed by atoms with E-state index >= 15 is 0 Å². The minimum absolute atomic E-state index is 0.0404. The zero-order chi connectivity index (χ0) is 14.6. The van der Waals surface area contributed by atoms with E-state index in [1.807, 2.05) is 6.92 Å². The van der Waals surface area contributed by atoms with Gasteiger partial charge in [0.15, 0.2) is 0 Å². The van der Waals surface area contributed by atoms with Crippen molar-refractivity contribution in [3.8, 4) is 0 Å². The minimum Gasteiger partial charge on any atom is -0.374 e. The number of benzene rings is 1. The molecule has 1 aliphatic heterocycles. The van der Waals surface area contributed by atoms with Crippen molar-refractivity contribution in [2.45, 2.75) is 51.4 Å². The van der Waals surface area contributed by atoms with Crippen LogP contribution >= 0.6 is 0 Å². The van der Waals surface area contributed by atoms with Crippen LogP contribution < -0.4 is 11.3 Å². The molecule has 1 aliphatic rings. The molecule has 0 aliphatic carbocycles. The van der Waals surface area contributed by atoms with Gasteiger partial charge in [-0.15, -0.1) is 0 Å². The number of hydrogen-bond donors (Lipinski definition) is 2. The highest BCUT2D eigenvalue weighted by atomic mass is 16.5. The lowest BCUT2D eigenvalue weighted by Gasteiger charge is -2.37. The van der Waals surface area contributed by atoms with Gasteiger partial charge in [0.1, 0.15) is 0 Å². The van der Waals surface area contributed by atoms with Crippen molar-refractivity contribution in [3.63, 3.8) is 0 Å². The summed E-state index contributed by atoms with van der Waals surface area (Å²) in [6, 6.07) is 8.53. The van der Waals surface area contributed by atoms with Gasteiger partial charge in [-0.25, -0.2) is 0 Å². The molecule has 0 amide bonds. The molecular weight excluding hydrogens is 252 g/mol. The zero-order valence-corrected chi connectivity index (χ0v) is 12.7. The first-order valence-corrected chi connectivity index (χ1v) is 7.38. The third-order valence-electron chi connectivity index (χ3n) is 4.10. The Labute approximate surface area is 121 Å². The zero-order valence-electron chi connectivity index (χ0n) is 12.7. The van der Waals surface area contributed by atoms with E-state index in [0.717, 1.165) is 19.4 Å². The van der Waals surface area contributed by atoms with Crippen LogP contribution in [0.1, 0.15) is 44.4 Å². The quantitative estimate of drug-likeness (QED) is 0.619. The normalized spacial score (nSPS) is 20.5. The fourth-order valence-corrected chi connectivity index (χ4v) is 2.91. The van der Waals surface area contributed by atoms with Gasteiger partial charge in [-0.05, 0) is 44.7 Å². The Bertz CT molecular complexity index is 434. The fraction of sp³-hybridized carbons (Fsp3) is 0.625. The van der Waals surface area contributed by atoms with Crippen LogP contribution in [0.5, 0.6) is 0 Å². The summed E-state index contributed by atoms with van der Waals surface area (Å²) in [5, 5.41) is 0. The average molecular weight is 278 g/mol. The average Bonchev–Trinajstić information content (AvgIpc) is 2.44. The lowest BCUT2D eigenvalue weighted by molar-refractivity contribution is -0.0593. The first-order chi connectivity index (χ1) is 9.58. The molecule has 1 aromatic rings. The molecular formula is C16H26N2O2. The van der Waals surface area contributed by atoms with Crippen molar-refractivity contribution in [3.05, 3.63) is 35.4 Å². The molecule has 2 rings (SSSR count). The van der Waals surface area contributed by atoms with E-state index in [9.17, 15) is 0 Å². The first-order valence-electron chi connectivity index (χ1n) is 7.38. The van der Waals surface area contributed by atoms with E-state index in [-0.39, 0.29) is 17.7 Å². The van der Waals surface area contributed by atoms with Gasteiger partial charge in [-0.1, -0.05) is 24.3 Å². The van der Waals surface area contributed by atoms with E-state index in [1.165, 1.54) is 11.1 Å². The lowest BCUT2D eigenvalue weighted by Crippen LogP contribution is -2.52. The maximum absolute atomic E-state index is 5.96. The maximum Gasteiger partial charge on any atom is 0.0844 e. The fourth-order valence-electron chi connectivity index (χ4n) is 2.91. The minimum atomic E-state index is -0.320. The molecule has 0 saturated heterocycles. The molecule has 3 N–H and O–H groups in total. The Hall–Kier alpha value is -0.940. The van der Waals surface area contributed by atoms with Crippen molar-refractivity contribution in [1.82, 2.24) is 5.43 Å². The largest absolute Gasteiger partial charge is 0.374 e. The van der Waals surface area contributed by atoms with Gasteiger partial charge < -0.3 is 9.47 Å². The Kier molecular flexibility index (Phi) is 5.16. The number of hydrogen-bond acceptors (Lipinski definition) is 4. The predicted octanol–water partition coefficient (Wildman–Crippen LogP) is 2.34. The van der Waals surface area contributed by atoms with Gasteiger partial charge >= 0.3 is 0 Å². The first kappa shape index (κ1) is 15.4. The second kappa shape index (κ2) is 6.68. The summed E-state index contributed by atoms with van der Waals surface area (Å²) in [4.78, 5) is 0. The van der Waals surface area contributed by atoms with Crippen molar-refractivity contribution < 1.29 is 9.47 Å². The van der Waals surface area contributed by atoms with E-state index in [2.05, 4.69) is 43.5 Å². The van der Waals surface area contributed by atoms with Crippen molar-refractivity contribution in [2.75, 3.05) is 13.2 Å². The molecule has 2 unspecified atom stereocenters. The third kappa shape index (κ3) is 3.38. The van der Waals surface area contributed by atoms with Gasteiger partial charge in [0.25, 0.3) is 0 Å². The summed E-state index contributed by atoms with van der Waals surface area (Å²) >= 11 is 0. The summed E-state index contributed by atoms with van der Waals surface area (Å²) in [6.45, 7) is 7.58. The van der Waals surface area contributed by atoms with Crippen LogP contribution in [0.2, 0.25) is 0 Å². The van der Waals surface area contributed by atoms with Gasteiger partial charge in [-0.3, -0.25) is 11.3 Å². The number of hydrazine groups is 1. The van der Waals surface area contributed by atoms with Crippen LogP contribution in [0.4, 0.5) is 0 Å². The standard InChI is InChI=1S/C16H26N2O2/c1-4-20-16(2,3)15(18-17)11-14-13-8-6-5-7-12(13)9-10-19-14/h5-8,14-15,18H,4,9-11,17H2,1-3H3. The third-order valence-corrected chi connectivity index (χ3v) is 4.10. The van der Waals surface area contributed by atoms with Crippen LogP contribution in [0.3, 0.4) is 0 Å². The highest BCUT2D eigenvalue weighted by Gasteiger charge is 2.33. The summed E-state index contributed by atoms with van der Waals surface area (Å²) in [5.41, 5.74) is 5.25. The highest BCUT2D eigenvalue weighted by Crippen LogP contribution is 2.33.